The third-order valence-corrected chi connectivity index (χ3v) is 1.83. The van der Waals surface area contributed by atoms with E-state index in [9.17, 15) is 4.79 Å². The summed E-state index contributed by atoms with van der Waals surface area (Å²) in [6.45, 7) is 0. The van der Waals surface area contributed by atoms with Crippen molar-refractivity contribution >= 4 is 22.7 Å². The van der Waals surface area contributed by atoms with Crippen molar-refractivity contribution in [1.29, 1.82) is 0 Å². The van der Waals surface area contributed by atoms with Crippen molar-refractivity contribution in [2.45, 2.75) is 0 Å². The van der Waals surface area contributed by atoms with Crippen molar-refractivity contribution in [1.82, 2.24) is 4.98 Å². The fourth-order valence-electron chi connectivity index (χ4n) is 1.22. The Morgan fingerprint density at radius 1 is 1.36 bits per heavy atom. The minimum Gasteiger partial charge on any atom is -0.506 e. The second kappa shape index (κ2) is 3.28. The van der Waals surface area contributed by atoms with E-state index in [2.05, 4.69) is 9.98 Å². The van der Waals surface area contributed by atoms with Crippen molar-refractivity contribution in [3.05, 3.63) is 30.5 Å². The molecule has 0 spiro atoms. The van der Waals surface area contributed by atoms with Crippen LogP contribution in [0.3, 0.4) is 0 Å². The van der Waals surface area contributed by atoms with Gasteiger partial charge in [0.15, 0.2) is 0 Å². The van der Waals surface area contributed by atoms with Gasteiger partial charge in [0.1, 0.15) is 5.75 Å². The molecule has 0 saturated carbocycles. The van der Waals surface area contributed by atoms with Gasteiger partial charge in [-0.25, -0.2) is 4.79 Å². The predicted molar refractivity (Wildman–Crippen MR) is 51.2 cm³/mol. The minimum absolute atomic E-state index is 0.115. The zero-order valence-corrected chi connectivity index (χ0v) is 7.14. The van der Waals surface area contributed by atoms with E-state index >= 15 is 0 Å². The quantitative estimate of drug-likeness (QED) is 0.546. The number of aromatic hydroxyl groups is 1. The lowest BCUT2D eigenvalue weighted by Gasteiger charge is -1.97. The van der Waals surface area contributed by atoms with E-state index in [-0.39, 0.29) is 5.75 Å². The van der Waals surface area contributed by atoms with Gasteiger partial charge in [0.2, 0.25) is 6.08 Å². The van der Waals surface area contributed by atoms with Crippen molar-refractivity contribution in [2.24, 2.45) is 4.99 Å². The monoisotopic (exact) mass is 186 g/mol. The molecule has 0 unspecified atom stereocenters. The van der Waals surface area contributed by atoms with Crippen molar-refractivity contribution in [3.63, 3.8) is 0 Å². The highest BCUT2D eigenvalue weighted by atomic mass is 16.3. The molecule has 0 aliphatic carbocycles. The number of aromatic nitrogens is 1. The van der Waals surface area contributed by atoms with Crippen molar-refractivity contribution in [2.75, 3.05) is 0 Å². The summed E-state index contributed by atoms with van der Waals surface area (Å²) in [5.41, 5.74) is 1.19. The fourth-order valence-corrected chi connectivity index (χ4v) is 1.22. The van der Waals surface area contributed by atoms with Gasteiger partial charge in [-0.3, -0.25) is 4.98 Å². The summed E-state index contributed by atoms with van der Waals surface area (Å²) in [7, 11) is 0. The van der Waals surface area contributed by atoms with Gasteiger partial charge in [-0.15, -0.1) is 0 Å². The summed E-state index contributed by atoms with van der Waals surface area (Å²) in [6, 6.07) is 6.64. The lowest BCUT2D eigenvalue weighted by molar-refractivity contribution is 0.474. The Hall–Kier alpha value is -2.19. The highest BCUT2D eigenvalue weighted by Gasteiger charge is 1.97. The van der Waals surface area contributed by atoms with Gasteiger partial charge >= 0.3 is 0 Å². The first-order chi connectivity index (χ1) is 6.79. The molecule has 1 N–H and O–H groups in total. The molecule has 0 atom stereocenters. The lowest BCUT2D eigenvalue weighted by atomic mass is 10.2. The van der Waals surface area contributed by atoms with Gasteiger partial charge < -0.3 is 5.11 Å². The Kier molecular flexibility index (Phi) is 1.97. The topological polar surface area (TPSA) is 62.5 Å². The molecule has 14 heavy (non-hydrogen) atoms. The Balaban J connectivity index is 2.67. The number of aliphatic imine (C=N–C) groups is 1. The molecule has 68 valence electrons. The zero-order chi connectivity index (χ0) is 9.97. The number of nitrogens with zero attached hydrogens (tertiary/aromatic N) is 2. The van der Waals surface area contributed by atoms with E-state index in [0.29, 0.717) is 11.2 Å². The molecule has 0 aliphatic rings. The van der Waals surface area contributed by atoms with Crippen LogP contribution in [0.2, 0.25) is 0 Å². The summed E-state index contributed by atoms with van der Waals surface area (Å²) in [4.78, 5) is 17.5. The van der Waals surface area contributed by atoms with E-state index in [1.165, 1.54) is 12.3 Å². The number of rotatable bonds is 1. The molecule has 1 aromatic carbocycles. The molecule has 4 heteroatoms. The first-order valence-corrected chi connectivity index (χ1v) is 3.96. The van der Waals surface area contributed by atoms with Gasteiger partial charge in [0.25, 0.3) is 0 Å². The SMILES string of the molecule is O=C=Nc1ccc2cc(O)cnc2c1. The molecular formula is C10H6N2O2. The predicted octanol–water partition coefficient (Wildman–Crippen LogP) is 1.91. The first-order valence-electron chi connectivity index (χ1n) is 3.96. The smallest absolute Gasteiger partial charge is 0.240 e. The average molecular weight is 186 g/mol. The molecule has 2 aromatic rings. The summed E-state index contributed by atoms with van der Waals surface area (Å²) in [5.74, 6) is 0.115. The maximum atomic E-state index is 10.0. The zero-order valence-electron chi connectivity index (χ0n) is 7.14. The molecule has 0 saturated heterocycles. The summed E-state index contributed by atoms with van der Waals surface area (Å²) >= 11 is 0. The number of pyridine rings is 1. The van der Waals surface area contributed by atoms with Gasteiger partial charge in [-0.1, -0.05) is 6.07 Å². The van der Waals surface area contributed by atoms with E-state index in [1.807, 2.05) is 0 Å². The highest BCUT2D eigenvalue weighted by Crippen LogP contribution is 2.21. The minimum atomic E-state index is 0.115. The Morgan fingerprint density at radius 3 is 3.00 bits per heavy atom. The number of isocyanates is 1. The van der Waals surface area contributed by atoms with Crippen LogP contribution in [-0.4, -0.2) is 16.2 Å². The van der Waals surface area contributed by atoms with Crippen LogP contribution in [0.1, 0.15) is 0 Å². The maximum Gasteiger partial charge on any atom is 0.240 e. The van der Waals surface area contributed by atoms with Crippen LogP contribution in [0.5, 0.6) is 5.75 Å². The molecule has 0 bridgehead atoms. The third kappa shape index (κ3) is 1.46. The standard InChI is InChI=1S/C10H6N2O2/c13-6-12-8-2-1-7-3-9(14)5-11-10(7)4-8/h1-5,14H. The van der Waals surface area contributed by atoms with E-state index < -0.39 is 0 Å². The van der Waals surface area contributed by atoms with Gasteiger partial charge in [0, 0.05) is 5.39 Å². The number of fused-ring (bicyclic) bond motifs is 1. The Morgan fingerprint density at radius 2 is 2.21 bits per heavy atom. The van der Waals surface area contributed by atoms with Crippen LogP contribution in [0.25, 0.3) is 10.9 Å². The molecular weight excluding hydrogens is 180 g/mol. The molecule has 1 aromatic heterocycles. The first kappa shape index (κ1) is 8.41. The number of benzene rings is 1. The Labute approximate surface area is 79.5 Å². The average Bonchev–Trinajstić information content (AvgIpc) is 2.19. The maximum absolute atomic E-state index is 10.0. The molecule has 0 radical (unpaired) electrons. The molecule has 0 fully saturated rings. The van der Waals surface area contributed by atoms with Crippen LogP contribution in [0, 0.1) is 0 Å². The van der Waals surface area contributed by atoms with E-state index in [4.69, 9.17) is 5.11 Å². The molecule has 2 rings (SSSR count). The number of hydrogen-bond acceptors (Lipinski definition) is 4. The van der Waals surface area contributed by atoms with Crippen molar-refractivity contribution < 1.29 is 9.90 Å². The third-order valence-electron chi connectivity index (χ3n) is 1.83. The van der Waals surface area contributed by atoms with Crippen molar-refractivity contribution in [3.8, 4) is 5.75 Å². The summed E-state index contributed by atoms with van der Waals surface area (Å²) in [6.07, 6.45) is 2.80. The number of hydrogen-bond donors (Lipinski definition) is 1. The lowest BCUT2D eigenvalue weighted by Crippen LogP contribution is -1.77. The summed E-state index contributed by atoms with van der Waals surface area (Å²) < 4.78 is 0. The Bertz CT molecular complexity index is 531. The van der Waals surface area contributed by atoms with Crippen LogP contribution >= 0.6 is 0 Å². The normalized spacial score (nSPS) is 9.71. The molecule has 0 aliphatic heterocycles. The van der Waals surface area contributed by atoms with Crippen LogP contribution in [0.15, 0.2) is 35.5 Å². The fraction of sp³-hybridized carbons (Fsp3) is 0. The van der Waals surface area contributed by atoms with E-state index in [0.717, 1.165) is 5.39 Å². The van der Waals surface area contributed by atoms with Crippen LogP contribution in [0.4, 0.5) is 5.69 Å². The molecule has 1 heterocycles. The van der Waals surface area contributed by atoms with E-state index in [1.54, 1.807) is 24.3 Å². The largest absolute Gasteiger partial charge is 0.506 e. The van der Waals surface area contributed by atoms with Gasteiger partial charge in [0.05, 0.1) is 17.4 Å². The number of carbonyl (C=O) groups excluding carboxylic acids is 1. The van der Waals surface area contributed by atoms with Crippen LogP contribution in [-0.2, 0) is 4.79 Å². The second-order valence-corrected chi connectivity index (χ2v) is 2.77. The molecule has 0 amide bonds. The van der Waals surface area contributed by atoms with Gasteiger partial charge in [-0.05, 0) is 18.2 Å². The molecule has 4 nitrogen and oxygen atoms in total. The van der Waals surface area contributed by atoms with Gasteiger partial charge in [-0.2, -0.15) is 4.99 Å². The highest BCUT2D eigenvalue weighted by molar-refractivity contribution is 5.82. The second-order valence-electron chi connectivity index (χ2n) is 2.77. The summed E-state index contributed by atoms with van der Waals surface area (Å²) in [5, 5.41) is 9.96. The van der Waals surface area contributed by atoms with Crippen LogP contribution < -0.4 is 0 Å².